The Morgan fingerprint density at radius 1 is 1.53 bits per heavy atom. The summed E-state index contributed by atoms with van der Waals surface area (Å²) in [5.41, 5.74) is 0.404. The van der Waals surface area contributed by atoms with Gasteiger partial charge in [-0.1, -0.05) is 13.8 Å². The van der Waals surface area contributed by atoms with Crippen LogP contribution >= 0.6 is 0 Å². The van der Waals surface area contributed by atoms with E-state index in [2.05, 4.69) is 4.98 Å². The SMILES string of the molecule is CC(C)Cc1nc(C2CCS(=O)(=O)C2)oc1C(=O)O. The van der Waals surface area contributed by atoms with Crippen molar-refractivity contribution in [2.24, 2.45) is 5.92 Å². The van der Waals surface area contributed by atoms with Gasteiger partial charge < -0.3 is 9.52 Å². The van der Waals surface area contributed by atoms with Crippen molar-refractivity contribution in [3.05, 3.63) is 17.3 Å². The van der Waals surface area contributed by atoms with E-state index in [0.717, 1.165) is 0 Å². The second-order valence-electron chi connectivity index (χ2n) is 5.33. The van der Waals surface area contributed by atoms with E-state index in [1.54, 1.807) is 0 Å². The predicted molar refractivity (Wildman–Crippen MR) is 68.0 cm³/mol. The van der Waals surface area contributed by atoms with E-state index < -0.39 is 15.8 Å². The lowest BCUT2D eigenvalue weighted by atomic mass is 10.1. The molecule has 19 heavy (non-hydrogen) atoms. The summed E-state index contributed by atoms with van der Waals surface area (Å²) in [4.78, 5) is 15.3. The van der Waals surface area contributed by atoms with E-state index in [1.165, 1.54) is 0 Å². The summed E-state index contributed by atoms with van der Waals surface area (Å²) in [6.45, 7) is 3.92. The Hall–Kier alpha value is -1.37. The van der Waals surface area contributed by atoms with Crippen LogP contribution in [0.3, 0.4) is 0 Å². The number of rotatable bonds is 4. The number of sulfone groups is 1. The van der Waals surface area contributed by atoms with Gasteiger partial charge in [-0.25, -0.2) is 18.2 Å². The Morgan fingerprint density at radius 2 is 2.21 bits per heavy atom. The smallest absolute Gasteiger partial charge is 0.373 e. The van der Waals surface area contributed by atoms with Crippen molar-refractivity contribution in [2.45, 2.75) is 32.6 Å². The molecule has 0 aliphatic carbocycles. The van der Waals surface area contributed by atoms with Crippen LogP contribution in [0, 0.1) is 5.92 Å². The maximum atomic E-state index is 11.4. The number of hydrogen-bond donors (Lipinski definition) is 1. The molecule has 1 aliphatic heterocycles. The molecular formula is C12H17NO5S. The Morgan fingerprint density at radius 3 is 2.68 bits per heavy atom. The molecule has 6 nitrogen and oxygen atoms in total. The molecule has 7 heteroatoms. The third kappa shape index (κ3) is 3.15. The van der Waals surface area contributed by atoms with Crippen LogP contribution in [0.1, 0.15) is 48.3 Å². The standard InChI is InChI=1S/C12H17NO5S/c1-7(2)5-9-10(12(14)15)18-11(13-9)8-3-4-19(16,17)6-8/h7-8H,3-6H2,1-2H3,(H,14,15). The summed E-state index contributed by atoms with van der Waals surface area (Å²) in [5.74, 6) is -1.03. The molecule has 0 radical (unpaired) electrons. The van der Waals surface area contributed by atoms with Crippen LogP contribution in [0.5, 0.6) is 0 Å². The highest BCUT2D eigenvalue weighted by molar-refractivity contribution is 7.91. The van der Waals surface area contributed by atoms with Gasteiger partial charge in [-0.05, 0) is 18.8 Å². The van der Waals surface area contributed by atoms with Crippen molar-refractivity contribution in [2.75, 3.05) is 11.5 Å². The van der Waals surface area contributed by atoms with Crippen molar-refractivity contribution in [3.8, 4) is 0 Å². The molecule has 1 aliphatic rings. The molecular weight excluding hydrogens is 270 g/mol. The Kier molecular flexibility index (Phi) is 3.66. The van der Waals surface area contributed by atoms with Gasteiger partial charge >= 0.3 is 5.97 Å². The first-order valence-corrected chi connectivity index (χ1v) is 8.04. The lowest BCUT2D eigenvalue weighted by Gasteiger charge is -2.00. The van der Waals surface area contributed by atoms with Crippen LogP contribution in [-0.2, 0) is 16.3 Å². The fourth-order valence-corrected chi connectivity index (χ4v) is 3.96. The quantitative estimate of drug-likeness (QED) is 0.900. The number of hydrogen-bond acceptors (Lipinski definition) is 5. The van der Waals surface area contributed by atoms with Gasteiger partial charge in [0, 0.05) is 0 Å². The first-order valence-electron chi connectivity index (χ1n) is 6.22. The van der Waals surface area contributed by atoms with Crippen molar-refractivity contribution in [3.63, 3.8) is 0 Å². The molecule has 0 aromatic carbocycles. The molecule has 0 spiro atoms. The van der Waals surface area contributed by atoms with Crippen molar-refractivity contribution >= 4 is 15.8 Å². The number of carboxylic acids is 1. The minimum atomic E-state index is -3.04. The third-order valence-corrected chi connectivity index (χ3v) is 4.86. The highest BCUT2D eigenvalue weighted by Gasteiger charge is 2.34. The zero-order chi connectivity index (χ0) is 14.2. The zero-order valence-corrected chi connectivity index (χ0v) is 11.7. The number of nitrogens with zero attached hydrogens (tertiary/aromatic N) is 1. The van der Waals surface area contributed by atoms with E-state index in [1.807, 2.05) is 13.8 Å². The minimum absolute atomic E-state index is 0.00626. The van der Waals surface area contributed by atoms with Gasteiger partial charge in [0.05, 0.1) is 23.1 Å². The monoisotopic (exact) mass is 287 g/mol. The first kappa shape index (κ1) is 14.0. The zero-order valence-electron chi connectivity index (χ0n) is 10.9. The van der Waals surface area contributed by atoms with Gasteiger partial charge in [0.15, 0.2) is 15.7 Å². The van der Waals surface area contributed by atoms with Gasteiger partial charge in [0.2, 0.25) is 5.76 Å². The largest absolute Gasteiger partial charge is 0.475 e. The van der Waals surface area contributed by atoms with Crippen molar-refractivity contribution < 1.29 is 22.7 Å². The predicted octanol–water partition coefficient (Wildman–Crippen LogP) is 1.47. The second-order valence-corrected chi connectivity index (χ2v) is 7.56. The number of carbonyl (C=O) groups is 1. The van der Waals surface area contributed by atoms with Crippen LogP contribution in [0.25, 0.3) is 0 Å². The molecule has 0 bridgehead atoms. The fourth-order valence-electron chi connectivity index (χ4n) is 2.23. The molecule has 1 fully saturated rings. The highest BCUT2D eigenvalue weighted by Crippen LogP contribution is 2.30. The van der Waals surface area contributed by atoms with Gasteiger partial charge in [-0.2, -0.15) is 0 Å². The summed E-state index contributed by atoms with van der Waals surface area (Å²) >= 11 is 0. The summed E-state index contributed by atoms with van der Waals surface area (Å²) < 4.78 is 28.1. The van der Waals surface area contributed by atoms with Gasteiger partial charge in [-0.15, -0.1) is 0 Å². The highest BCUT2D eigenvalue weighted by atomic mass is 32.2. The van der Waals surface area contributed by atoms with E-state index >= 15 is 0 Å². The normalized spacial score (nSPS) is 21.9. The van der Waals surface area contributed by atoms with Crippen LogP contribution < -0.4 is 0 Å². The maximum Gasteiger partial charge on any atom is 0.373 e. The van der Waals surface area contributed by atoms with Gasteiger partial charge in [0.25, 0.3) is 0 Å². The molecule has 106 valence electrons. The molecule has 1 atom stereocenters. The third-order valence-electron chi connectivity index (χ3n) is 3.09. The summed E-state index contributed by atoms with van der Waals surface area (Å²) in [6, 6.07) is 0. The molecule has 2 heterocycles. The summed E-state index contributed by atoms with van der Waals surface area (Å²) in [6.07, 6.45) is 0.952. The summed E-state index contributed by atoms with van der Waals surface area (Å²) in [7, 11) is -3.04. The van der Waals surface area contributed by atoms with E-state index in [-0.39, 0.29) is 35.0 Å². The number of aromatic carboxylic acids is 1. The van der Waals surface area contributed by atoms with Crippen LogP contribution in [0.15, 0.2) is 4.42 Å². The fraction of sp³-hybridized carbons (Fsp3) is 0.667. The van der Waals surface area contributed by atoms with Gasteiger partial charge in [0.1, 0.15) is 0 Å². The lowest BCUT2D eigenvalue weighted by molar-refractivity contribution is 0.0658. The number of oxazole rings is 1. The molecule has 1 saturated heterocycles. The van der Waals surface area contributed by atoms with E-state index in [0.29, 0.717) is 18.5 Å². The van der Waals surface area contributed by atoms with Crippen LogP contribution in [0.4, 0.5) is 0 Å². The second kappa shape index (κ2) is 4.96. The molecule has 0 saturated carbocycles. The van der Waals surface area contributed by atoms with Crippen LogP contribution in [-0.4, -0.2) is 36.0 Å². The number of aromatic nitrogens is 1. The average molecular weight is 287 g/mol. The molecule has 1 aromatic rings. The lowest BCUT2D eigenvalue weighted by Crippen LogP contribution is -2.04. The molecule has 0 amide bonds. The first-order chi connectivity index (χ1) is 8.78. The molecule has 2 rings (SSSR count). The molecule has 1 aromatic heterocycles. The maximum absolute atomic E-state index is 11.4. The van der Waals surface area contributed by atoms with E-state index in [9.17, 15) is 13.2 Å². The van der Waals surface area contributed by atoms with Crippen LogP contribution in [0.2, 0.25) is 0 Å². The molecule has 1 unspecified atom stereocenters. The minimum Gasteiger partial charge on any atom is -0.475 e. The average Bonchev–Trinajstić information content (AvgIpc) is 2.81. The van der Waals surface area contributed by atoms with Gasteiger partial charge in [-0.3, -0.25) is 0 Å². The van der Waals surface area contributed by atoms with E-state index in [4.69, 9.17) is 9.52 Å². The Balaban J connectivity index is 2.30. The molecule has 1 N–H and O–H groups in total. The van der Waals surface area contributed by atoms with Crippen molar-refractivity contribution in [1.29, 1.82) is 0 Å². The number of carboxylic acid groups (broad SMARTS) is 1. The topological polar surface area (TPSA) is 97.5 Å². The van der Waals surface area contributed by atoms with Crippen molar-refractivity contribution in [1.82, 2.24) is 4.98 Å². The Labute approximate surface area is 111 Å². The summed E-state index contributed by atoms with van der Waals surface area (Å²) in [5, 5.41) is 9.09. The Bertz CT molecular complexity index is 587.